The van der Waals surface area contributed by atoms with Crippen molar-refractivity contribution in [1.82, 2.24) is 0 Å². The van der Waals surface area contributed by atoms with Crippen LogP contribution in [-0.4, -0.2) is 28.8 Å². The van der Waals surface area contributed by atoms with E-state index in [2.05, 4.69) is 17.3 Å². The maximum absolute atomic E-state index is 5.99. The van der Waals surface area contributed by atoms with Crippen LogP contribution in [0.1, 0.15) is 6.92 Å². The van der Waals surface area contributed by atoms with E-state index < -0.39 is 0 Å². The van der Waals surface area contributed by atoms with Crippen LogP contribution >= 0.6 is 23.5 Å². The third-order valence-electron chi connectivity index (χ3n) is 1.81. The third kappa shape index (κ3) is 2.06. The summed E-state index contributed by atoms with van der Waals surface area (Å²) in [4.78, 5) is 4.38. The Morgan fingerprint density at radius 1 is 1.50 bits per heavy atom. The van der Waals surface area contributed by atoms with Crippen molar-refractivity contribution in [1.29, 1.82) is 0 Å². The number of nitrogens with two attached hydrogens (primary N) is 1. The van der Waals surface area contributed by atoms with Crippen molar-refractivity contribution in [2.45, 2.75) is 18.2 Å². The van der Waals surface area contributed by atoms with Crippen LogP contribution in [0.25, 0.3) is 0 Å². The predicted molar refractivity (Wildman–Crippen MR) is 60.0 cm³/mol. The molecule has 0 aromatic heterocycles. The smallest absolute Gasteiger partial charge is 0.0914 e. The molecule has 4 heteroatoms. The number of hydrogen-bond donors (Lipinski definition) is 1. The first kappa shape index (κ1) is 10.2. The zero-order chi connectivity index (χ0) is 9.14. The van der Waals surface area contributed by atoms with Gasteiger partial charge in [0.25, 0.3) is 0 Å². The van der Waals surface area contributed by atoms with E-state index in [1.807, 2.05) is 13.2 Å². The molecule has 1 aliphatic rings. The molecule has 2 N–H and O–H groups in total. The minimum atomic E-state index is 0.0821. The molecule has 12 heavy (non-hydrogen) atoms. The first-order valence-electron chi connectivity index (χ1n) is 3.78. The lowest BCUT2D eigenvalue weighted by Crippen LogP contribution is -2.39. The maximum atomic E-state index is 5.99. The van der Waals surface area contributed by atoms with Crippen molar-refractivity contribution in [3.8, 4) is 0 Å². The van der Waals surface area contributed by atoms with Gasteiger partial charge in [-0.15, -0.1) is 11.8 Å². The summed E-state index contributed by atoms with van der Waals surface area (Å²) in [7, 11) is 0. The Kier molecular flexibility index (Phi) is 3.68. The molecule has 2 nitrogen and oxygen atoms in total. The van der Waals surface area contributed by atoms with Crippen LogP contribution in [0, 0.1) is 0 Å². The minimum Gasteiger partial charge on any atom is -0.321 e. The molecule has 2 unspecified atom stereocenters. The second-order valence-electron chi connectivity index (χ2n) is 2.69. The van der Waals surface area contributed by atoms with Crippen LogP contribution in [0.15, 0.2) is 16.8 Å². The lowest BCUT2D eigenvalue weighted by Gasteiger charge is -2.23. The summed E-state index contributed by atoms with van der Waals surface area (Å²) >= 11 is 3.43. The van der Waals surface area contributed by atoms with Crippen LogP contribution in [0.3, 0.4) is 0 Å². The molecule has 0 aromatic rings. The van der Waals surface area contributed by atoms with E-state index in [4.69, 9.17) is 5.73 Å². The summed E-state index contributed by atoms with van der Waals surface area (Å²) in [5, 5.41) is 1.44. The van der Waals surface area contributed by atoms with E-state index in [0.29, 0.717) is 5.25 Å². The van der Waals surface area contributed by atoms with E-state index >= 15 is 0 Å². The van der Waals surface area contributed by atoms with Crippen LogP contribution in [-0.2, 0) is 0 Å². The normalized spacial score (nSPS) is 29.7. The van der Waals surface area contributed by atoms with Gasteiger partial charge < -0.3 is 5.73 Å². The number of rotatable bonds is 1. The van der Waals surface area contributed by atoms with Crippen molar-refractivity contribution in [2.24, 2.45) is 10.7 Å². The van der Waals surface area contributed by atoms with Gasteiger partial charge in [-0.1, -0.05) is 0 Å². The molecule has 0 saturated heterocycles. The molecule has 68 valence electrons. The van der Waals surface area contributed by atoms with Gasteiger partial charge in [0.15, 0.2) is 0 Å². The second-order valence-corrected chi connectivity index (χ2v) is 4.53. The Bertz CT molecular complexity index is 223. The Hall–Kier alpha value is 0.0700. The van der Waals surface area contributed by atoms with Gasteiger partial charge in [-0.2, -0.15) is 11.8 Å². The third-order valence-corrected chi connectivity index (χ3v) is 3.57. The van der Waals surface area contributed by atoms with Gasteiger partial charge in [0.1, 0.15) is 0 Å². The molecule has 0 bridgehead atoms. The summed E-state index contributed by atoms with van der Waals surface area (Å²) in [6.45, 7) is 2.02. The van der Waals surface area contributed by atoms with Gasteiger partial charge in [-0.3, -0.25) is 0 Å². The van der Waals surface area contributed by atoms with Crippen LogP contribution < -0.4 is 5.73 Å². The number of thioether (sulfide) groups is 2. The van der Waals surface area contributed by atoms with Crippen molar-refractivity contribution in [3.63, 3.8) is 0 Å². The van der Waals surface area contributed by atoms with Gasteiger partial charge in [0.2, 0.25) is 0 Å². The maximum Gasteiger partial charge on any atom is 0.0914 e. The number of hydrogen-bond acceptors (Lipinski definition) is 4. The van der Waals surface area contributed by atoms with E-state index in [1.54, 1.807) is 23.5 Å². The number of allylic oxidation sites excluding steroid dienone is 1. The number of aliphatic imine (C=N–C) groups is 1. The van der Waals surface area contributed by atoms with Gasteiger partial charge >= 0.3 is 0 Å². The van der Waals surface area contributed by atoms with Gasteiger partial charge in [-0.25, -0.2) is 4.99 Å². The summed E-state index contributed by atoms with van der Waals surface area (Å²) in [6, 6.07) is 0.0821. The first-order valence-corrected chi connectivity index (χ1v) is 6.29. The minimum absolute atomic E-state index is 0.0821. The fourth-order valence-electron chi connectivity index (χ4n) is 1.16. The molecule has 2 atom stereocenters. The SMILES string of the molecule is CSC1=NC(C)=CC(SC)C1N. The molecular formula is C8H14N2S2. The zero-order valence-electron chi connectivity index (χ0n) is 7.57. The molecule has 0 fully saturated rings. The highest BCUT2D eigenvalue weighted by Crippen LogP contribution is 2.23. The second kappa shape index (κ2) is 4.35. The Balaban J connectivity index is 2.83. The summed E-state index contributed by atoms with van der Waals surface area (Å²) in [6.07, 6.45) is 6.24. The van der Waals surface area contributed by atoms with E-state index in [9.17, 15) is 0 Å². The van der Waals surface area contributed by atoms with Gasteiger partial charge in [-0.05, 0) is 25.5 Å². The molecule has 0 radical (unpaired) electrons. The van der Waals surface area contributed by atoms with Gasteiger partial charge in [0.05, 0.1) is 11.1 Å². The van der Waals surface area contributed by atoms with E-state index in [0.717, 1.165) is 10.7 Å². The Labute approximate surface area is 82.1 Å². The highest BCUT2D eigenvalue weighted by atomic mass is 32.2. The monoisotopic (exact) mass is 202 g/mol. The quantitative estimate of drug-likeness (QED) is 0.703. The Morgan fingerprint density at radius 3 is 2.67 bits per heavy atom. The summed E-state index contributed by atoms with van der Waals surface area (Å²) in [5.41, 5.74) is 7.07. The molecular weight excluding hydrogens is 188 g/mol. The van der Waals surface area contributed by atoms with E-state index in [-0.39, 0.29) is 6.04 Å². The van der Waals surface area contributed by atoms with Crippen molar-refractivity contribution in [3.05, 3.63) is 11.8 Å². The van der Waals surface area contributed by atoms with Crippen LogP contribution in [0.5, 0.6) is 0 Å². The van der Waals surface area contributed by atoms with Crippen LogP contribution in [0.4, 0.5) is 0 Å². The average molecular weight is 202 g/mol. The number of nitrogens with zero attached hydrogens (tertiary/aromatic N) is 1. The lowest BCUT2D eigenvalue weighted by molar-refractivity contribution is 0.876. The summed E-state index contributed by atoms with van der Waals surface area (Å²) in [5.74, 6) is 0. The molecule has 0 saturated carbocycles. The fourth-order valence-corrected chi connectivity index (χ4v) is 2.66. The predicted octanol–water partition coefficient (Wildman–Crippen LogP) is 1.72. The summed E-state index contributed by atoms with van der Waals surface area (Å²) < 4.78 is 0. The highest BCUT2D eigenvalue weighted by Gasteiger charge is 2.23. The lowest BCUT2D eigenvalue weighted by atomic mass is 10.1. The van der Waals surface area contributed by atoms with Crippen molar-refractivity contribution >= 4 is 28.6 Å². The van der Waals surface area contributed by atoms with Crippen molar-refractivity contribution < 1.29 is 0 Å². The topological polar surface area (TPSA) is 38.4 Å². The average Bonchev–Trinajstić information content (AvgIpc) is 2.08. The highest BCUT2D eigenvalue weighted by molar-refractivity contribution is 8.13. The molecule has 0 aliphatic carbocycles. The molecule has 0 aromatic carbocycles. The molecule has 0 spiro atoms. The van der Waals surface area contributed by atoms with Crippen LogP contribution in [0.2, 0.25) is 0 Å². The molecule has 1 aliphatic heterocycles. The standard InChI is InChI=1S/C8H14N2S2/c1-5-4-6(11-2)7(9)8(10-5)12-3/h4,6-7H,9H2,1-3H3. The fraction of sp³-hybridized carbons (Fsp3) is 0.625. The Morgan fingerprint density at radius 2 is 2.17 bits per heavy atom. The molecule has 0 amide bonds. The zero-order valence-corrected chi connectivity index (χ0v) is 9.21. The van der Waals surface area contributed by atoms with Gasteiger partial charge in [0, 0.05) is 10.9 Å². The largest absolute Gasteiger partial charge is 0.321 e. The molecule has 1 heterocycles. The van der Waals surface area contributed by atoms with E-state index in [1.165, 1.54) is 0 Å². The molecule has 1 rings (SSSR count). The van der Waals surface area contributed by atoms with Crippen molar-refractivity contribution in [2.75, 3.05) is 12.5 Å². The first-order chi connectivity index (χ1) is 5.69.